The lowest BCUT2D eigenvalue weighted by molar-refractivity contribution is 0.321. The molecular formula is C12H20ClN3S2. The minimum Gasteiger partial charge on any atom is -0.339 e. The molecule has 102 valence electrons. The second-order valence-corrected chi connectivity index (χ2v) is 4.91. The topological polar surface area (TPSA) is 28.2 Å². The van der Waals surface area contributed by atoms with Crippen LogP contribution in [0.25, 0.3) is 0 Å². The van der Waals surface area contributed by atoms with Crippen molar-refractivity contribution in [2.45, 2.75) is 20.8 Å². The molecule has 0 spiro atoms. The maximum atomic E-state index is 5.70. The molecule has 0 saturated heterocycles. The van der Waals surface area contributed by atoms with E-state index in [1.54, 1.807) is 18.3 Å². The summed E-state index contributed by atoms with van der Waals surface area (Å²) in [5.74, 6) is 0. The average Bonchev–Trinajstić information content (AvgIpc) is 2.35. The van der Waals surface area contributed by atoms with Gasteiger partial charge >= 0.3 is 0 Å². The van der Waals surface area contributed by atoms with Gasteiger partial charge < -0.3 is 10.2 Å². The van der Waals surface area contributed by atoms with Gasteiger partial charge in [0.2, 0.25) is 0 Å². The van der Waals surface area contributed by atoms with Crippen molar-refractivity contribution in [3.05, 3.63) is 23.5 Å². The van der Waals surface area contributed by atoms with Gasteiger partial charge in [-0.15, -0.1) is 12.6 Å². The molecule has 1 rings (SSSR count). The Bertz CT molecular complexity index is 351. The van der Waals surface area contributed by atoms with E-state index < -0.39 is 0 Å². The van der Waals surface area contributed by atoms with E-state index in [1.165, 1.54) is 19.6 Å². The van der Waals surface area contributed by atoms with Crippen LogP contribution in [-0.2, 0) is 0 Å². The van der Waals surface area contributed by atoms with Crippen molar-refractivity contribution < 1.29 is 0 Å². The van der Waals surface area contributed by atoms with Crippen molar-refractivity contribution in [2.75, 3.05) is 25.0 Å². The lowest BCUT2D eigenvalue weighted by Gasteiger charge is -2.13. The molecule has 1 aromatic rings. The SMILES string of the molecule is CCN(CC)CC.S=C(S)Nc1cccnc1Cl. The number of rotatable bonds is 4. The second kappa shape index (κ2) is 10.6. The first kappa shape index (κ1) is 17.6. The van der Waals surface area contributed by atoms with Crippen LogP contribution in [0, 0.1) is 0 Å². The van der Waals surface area contributed by atoms with Gasteiger partial charge in [-0.25, -0.2) is 4.98 Å². The molecule has 18 heavy (non-hydrogen) atoms. The van der Waals surface area contributed by atoms with E-state index in [1.807, 2.05) is 0 Å². The maximum Gasteiger partial charge on any atom is 0.152 e. The smallest absolute Gasteiger partial charge is 0.152 e. The van der Waals surface area contributed by atoms with Gasteiger partial charge in [0.1, 0.15) is 4.32 Å². The molecule has 0 saturated carbocycles. The Labute approximate surface area is 125 Å². The molecule has 6 heteroatoms. The van der Waals surface area contributed by atoms with Crippen LogP contribution in [0.4, 0.5) is 5.69 Å². The number of aromatic nitrogens is 1. The zero-order valence-corrected chi connectivity index (χ0v) is 13.4. The number of nitrogens with zero attached hydrogens (tertiary/aromatic N) is 2. The molecule has 0 amide bonds. The van der Waals surface area contributed by atoms with Gasteiger partial charge in [-0.2, -0.15) is 0 Å². The number of thiocarbonyl (C=S) groups is 1. The molecule has 0 aliphatic rings. The van der Waals surface area contributed by atoms with Crippen LogP contribution < -0.4 is 5.32 Å². The summed E-state index contributed by atoms with van der Waals surface area (Å²) in [5, 5.41) is 3.17. The van der Waals surface area contributed by atoms with Gasteiger partial charge in [0.15, 0.2) is 5.15 Å². The van der Waals surface area contributed by atoms with E-state index in [0.29, 0.717) is 15.2 Å². The molecule has 0 aliphatic heterocycles. The summed E-state index contributed by atoms with van der Waals surface area (Å²) in [5.41, 5.74) is 0.675. The van der Waals surface area contributed by atoms with Crippen LogP contribution in [0.2, 0.25) is 5.15 Å². The molecular weight excluding hydrogens is 286 g/mol. The highest BCUT2D eigenvalue weighted by Gasteiger charge is 1.98. The number of halogens is 1. The Kier molecular flexibility index (Phi) is 10.3. The fraction of sp³-hybridized carbons (Fsp3) is 0.500. The average molecular weight is 306 g/mol. The summed E-state index contributed by atoms with van der Waals surface area (Å²) in [6.45, 7) is 10.1. The highest BCUT2D eigenvalue weighted by Crippen LogP contribution is 2.17. The Morgan fingerprint density at radius 1 is 1.39 bits per heavy atom. The number of hydrogen-bond donors (Lipinski definition) is 2. The Balaban J connectivity index is 0.000000360. The largest absolute Gasteiger partial charge is 0.339 e. The van der Waals surface area contributed by atoms with Gasteiger partial charge in [0, 0.05) is 6.20 Å². The third-order valence-corrected chi connectivity index (χ3v) is 2.86. The maximum absolute atomic E-state index is 5.70. The van der Waals surface area contributed by atoms with E-state index in [2.05, 4.69) is 48.6 Å². The quantitative estimate of drug-likeness (QED) is 0.504. The molecule has 1 aromatic heterocycles. The summed E-state index contributed by atoms with van der Waals surface area (Å²) < 4.78 is 0.375. The van der Waals surface area contributed by atoms with Crippen molar-refractivity contribution in [1.82, 2.24) is 9.88 Å². The lowest BCUT2D eigenvalue weighted by atomic mass is 10.4. The highest BCUT2D eigenvalue weighted by molar-refractivity contribution is 8.11. The third-order valence-electron chi connectivity index (χ3n) is 2.34. The molecule has 1 heterocycles. The molecule has 0 fully saturated rings. The number of nitrogens with one attached hydrogen (secondary N) is 1. The predicted octanol–water partition coefficient (Wildman–Crippen LogP) is 3.71. The fourth-order valence-corrected chi connectivity index (χ4v) is 1.66. The number of pyridine rings is 1. The van der Waals surface area contributed by atoms with Crippen LogP contribution >= 0.6 is 36.4 Å². The molecule has 1 N–H and O–H groups in total. The standard InChI is InChI=1S/C6H5ClN2S2.C6H15N/c7-5-4(9-6(10)11)2-1-3-8-5;1-4-7(5-2)6-3/h1-3H,(H2,9,10,11);4-6H2,1-3H3. The van der Waals surface area contributed by atoms with Crippen LogP contribution in [0.15, 0.2) is 18.3 Å². The molecule has 0 unspecified atom stereocenters. The van der Waals surface area contributed by atoms with Crippen molar-refractivity contribution >= 4 is 46.5 Å². The van der Waals surface area contributed by atoms with Crippen molar-refractivity contribution in [2.24, 2.45) is 0 Å². The summed E-state index contributed by atoms with van der Waals surface area (Å²) in [6.07, 6.45) is 1.61. The molecule has 3 nitrogen and oxygen atoms in total. The number of hydrogen-bond acceptors (Lipinski definition) is 3. The minimum absolute atomic E-state index is 0.375. The van der Waals surface area contributed by atoms with Crippen molar-refractivity contribution in [3.8, 4) is 0 Å². The fourth-order valence-electron chi connectivity index (χ4n) is 1.27. The molecule has 0 atom stereocenters. The van der Waals surface area contributed by atoms with E-state index in [9.17, 15) is 0 Å². The summed E-state index contributed by atoms with van der Waals surface area (Å²) >= 11 is 14.3. The Morgan fingerprint density at radius 3 is 2.28 bits per heavy atom. The summed E-state index contributed by atoms with van der Waals surface area (Å²) in [6, 6.07) is 3.54. The van der Waals surface area contributed by atoms with E-state index in [4.69, 9.17) is 23.8 Å². The van der Waals surface area contributed by atoms with Crippen molar-refractivity contribution in [3.63, 3.8) is 0 Å². The molecule has 0 aromatic carbocycles. The molecule has 0 aliphatic carbocycles. The first-order chi connectivity index (χ1) is 8.54. The van der Waals surface area contributed by atoms with E-state index >= 15 is 0 Å². The molecule has 0 radical (unpaired) electrons. The zero-order chi connectivity index (χ0) is 14.0. The number of thiol groups is 1. The Hall–Kier alpha value is -0.360. The van der Waals surface area contributed by atoms with E-state index in [0.717, 1.165) is 0 Å². The first-order valence-electron chi connectivity index (χ1n) is 5.87. The molecule has 0 bridgehead atoms. The monoisotopic (exact) mass is 305 g/mol. The van der Waals surface area contributed by atoms with Gasteiger partial charge in [-0.1, -0.05) is 44.6 Å². The van der Waals surface area contributed by atoms with Crippen LogP contribution in [0.5, 0.6) is 0 Å². The zero-order valence-electron chi connectivity index (χ0n) is 11.0. The van der Waals surface area contributed by atoms with Gasteiger partial charge in [0.05, 0.1) is 5.69 Å². The lowest BCUT2D eigenvalue weighted by Crippen LogP contribution is -2.21. The third kappa shape index (κ3) is 7.87. The van der Waals surface area contributed by atoms with Crippen LogP contribution in [0.1, 0.15) is 20.8 Å². The highest BCUT2D eigenvalue weighted by atomic mass is 35.5. The van der Waals surface area contributed by atoms with Gasteiger partial charge in [-0.3, -0.25) is 0 Å². The normalized spacial score (nSPS) is 9.67. The first-order valence-corrected chi connectivity index (χ1v) is 7.11. The van der Waals surface area contributed by atoms with Crippen molar-refractivity contribution in [1.29, 1.82) is 0 Å². The predicted molar refractivity (Wildman–Crippen MR) is 87.9 cm³/mol. The summed E-state index contributed by atoms with van der Waals surface area (Å²) in [7, 11) is 0. The summed E-state index contributed by atoms with van der Waals surface area (Å²) in [4.78, 5) is 6.22. The Morgan fingerprint density at radius 2 is 1.94 bits per heavy atom. The van der Waals surface area contributed by atoms with E-state index in [-0.39, 0.29) is 0 Å². The van der Waals surface area contributed by atoms with Gasteiger partial charge in [-0.05, 0) is 31.8 Å². The van der Waals surface area contributed by atoms with Crippen LogP contribution in [-0.4, -0.2) is 33.8 Å². The van der Waals surface area contributed by atoms with Gasteiger partial charge in [0.25, 0.3) is 0 Å². The van der Waals surface area contributed by atoms with Crippen LogP contribution in [0.3, 0.4) is 0 Å². The minimum atomic E-state index is 0.375. The number of anilines is 1. The second-order valence-electron chi connectivity index (χ2n) is 3.39.